The standard InChI is InChI=1S/C22H34N6S/c1-4-20-15-24-21(29-20)16-26-22(23-3)25-14-18-6-8-19(9-7-18)17-28-12-10-27(5-2)11-13-28/h6-9,15H,4-5,10-14,16-17H2,1-3H3,(H2,23,25,26). The third-order valence-electron chi connectivity index (χ3n) is 5.38. The lowest BCUT2D eigenvalue weighted by molar-refractivity contribution is 0.132. The molecule has 0 aliphatic carbocycles. The number of aromatic nitrogens is 1. The summed E-state index contributed by atoms with van der Waals surface area (Å²) in [5.41, 5.74) is 2.65. The second-order valence-corrected chi connectivity index (χ2v) is 8.58. The minimum Gasteiger partial charge on any atom is -0.352 e. The fourth-order valence-corrected chi connectivity index (χ4v) is 4.25. The maximum absolute atomic E-state index is 4.44. The molecule has 1 saturated heterocycles. The summed E-state index contributed by atoms with van der Waals surface area (Å²) in [5, 5.41) is 7.82. The van der Waals surface area contributed by atoms with Gasteiger partial charge in [-0.25, -0.2) is 4.98 Å². The van der Waals surface area contributed by atoms with Crippen LogP contribution in [0, 0.1) is 0 Å². The molecular weight excluding hydrogens is 380 g/mol. The molecular formula is C22H34N6S. The van der Waals surface area contributed by atoms with E-state index in [9.17, 15) is 0 Å². The zero-order valence-corrected chi connectivity index (χ0v) is 18.8. The molecule has 1 aromatic heterocycles. The van der Waals surface area contributed by atoms with Crippen LogP contribution >= 0.6 is 11.3 Å². The van der Waals surface area contributed by atoms with Crippen molar-refractivity contribution in [1.29, 1.82) is 0 Å². The number of nitrogens with one attached hydrogen (secondary N) is 2. The molecule has 2 aromatic rings. The molecule has 2 heterocycles. The minimum absolute atomic E-state index is 0.703. The van der Waals surface area contributed by atoms with Gasteiger partial charge in [-0.3, -0.25) is 9.89 Å². The summed E-state index contributed by atoms with van der Waals surface area (Å²) in [6.07, 6.45) is 3.00. The van der Waals surface area contributed by atoms with Crippen molar-refractivity contribution in [3.05, 3.63) is 51.5 Å². The summed E-state index contributed by atoms with van der Waals surface area (Å²) in [6.45, 7) is 12.8. The van der Waals surface area contributed by atoms with E-state index in [0.717, 1.165) is 50.1 Å². The Morgan fingerprint density at radius 1 is 1.00 bits per heavy atom. The van der Waals surface area contributed by atoms with Gasteiger partial charge in [0, 0.05) is 57.4 Å². The number of thiazole rings is 1. The topological polar surface area (TPSA) is 55.8 Å². The van der Waals surface area contributed by atoms with Crippen molar-refractivity contribution in [2.75, 3.05) is 39.8 Å². The van der Waals surface area contributed by atoms with Crippen LogP contribution in [-0.2, 0) is 26.1 Å². The Hall–Kier alpha value is -1.96. The quantitative estimate of drug-likeness (QED) is 0.514. The van der Waals surface area contributed by atoms with Crippen LogP contribution in [0.15, 0.2) is 35.5 Å². The van der Waals surface area contributed by atoms with Gasteiger partial charge >= 0.3 is 0 Å². The summed E-state index contributed by atoms with van der Waals surface area (Å²) in [7, 11) is 1.80. The SMILES string of the molecule is CCc1cnc(CNC(=NC)NCc2ccc(CN3CCN(CC)CC3)cc2)s1. The number of rotatable bonds is 8. The maximum Gasteiger partial charge on any atom is 0.191 e. The number of hydrogen-bond acceptors (Lipinski definition) is 5. The predicted octanol–water partition coefficient (Wildman–Crippen LogP) is 2.71. The van der Waals surface area contributed by atoms with Crippen LogP contribution in [0.2, 0.25) is 0 Å². The highest BCUT2D eigenvalue weighted by Crippen LogP contribution is 2.13. The summed E-state index contributed by atoms with van der Waals surface area (Å²) >= 11 is 1.75. The van der Waals surface area contributed by atoms with E-state index in [4.69, 9.17) is 0 Å². The van der Waals surface area contributed by atoms with Crippen LogP contribution in [0.1, 0.15) is 34.9 Å². The van der Waals surface area contributed by atoms with E-state index >= 15 is 0 Å². The van der Waals surface area contributed by atoms with Gasteiger partial charge < -0.3 is 15.5 Å². The smallest absolute Gasteiger partial charge is 0.191 e. The number of aliphatic imine (C=N–C) groups is 1. The normalized spacial score (nSPS) is 16.2. The molecule has 1 aliphatic heterocycles. The van der Waals surface area contributed by atoms with Crippen LogP contribution in [0.4, 0.5) is 0 Å². The lowest BCUT2D eigenvalue weighted by Gasteiger charge is -2.34. The molecule has 3 rings (SSSR count). The number of guanidine groups is 1. The minimum atomic E-state index is 0.703. The van der Waals surface area contributed by atoms with Crippen LogP contribution in [0.3, 0.4) is 0 Å². The maximum atomic E-state index is 4.44. The largest absolute Gasteiger partial charge is 0.352 e. The number of nitrogens with zero attached hydrogens (tertiary/aromatic N) is 4. The molecule has 0 saturated carbocycles. The Kier molecular flexibility index (Phi) is 8.46. The molecule has 29 heavy (non-hydrogen) atoms. The fraction of sp³-hybridized carbons (Fsp3) is 0.545. The molecule has 0 radical (unpaired) electrons. The first-order valence-corrected chi connectivity index (χ1v) is 11.4. The van der Waals surface area contributed by atoms with Crippen molar-refractivity contribution in [2.24, 2.45) is 4.99 Å². The average Bonchev–Trinajstić information content (AvgIpc) is 3.23. The fourth-order valence-electron chi connectivity index (χ4n) is 3.44. The van der Waals surface area contributed by atoms with Gasteiger partial charge in [-0.15, -0.1) is 11.3 Å². The van der Waals surface area contributed by atoms with Gasteiger partial charge in [0.1, 0.15) is 5.01 Å². The van der Waals surface area contributed by atoms with Crippen LogP contribution in [0.5, 0.6) is 0 Å². The molecule has 0 atom stereocenters. The highest BCUT2D eigenvalue weighted by atomic mass is 32.1. The summed E-state index contributed by atoms with van der Waals surface area (Å²) in [4.78, 5) is 15.1. The van der Waals surface area contributed by atoms with E-state index in [-0.39, 0.29) is 0 Å². The average molecular weight is 415 g/mol. The van der Waals surface area contributed by atoms with Crippen LogP contribution < -0.4 is 10.6 Å². The third kappa shape index (κ3) is 6.80. The molecule has 1 aromatic carbocycles. The Balaban J connectivity index is 1.41. The molecule has 158 valence electrons. The summed E-state index contributed by atoms with van der Waals surface area (Å²) in [5.74, 6) is 0.802. The van der Waals surface area contributed by atoms with Gasteiger partial charge in [0.2, 0.25) is 0 Å². The second-order valence-electron chi connectivity index (χ2n) is 7.38. The van der Waals surface area contributed by atoms with Crippen molar-refractivity contribution in [2.45, 2.75) is 39.9 Å². The first kappa shape index (κ1) is 21.7. The van der Waals surface area contributed by atoms with Crippen molar-refractivity contribution < 1.29 is 0 Å². The van der Waals surface area contributed by atoms with E-state index in [0.29, 0.717) is 6.54 Å². The number of likely N-dealkylation sites (N-methyl/N-ethyl adjacent to an activating group) is 1. The Morgan fingerprint density at radius 3 is 2.28 bits per heavy atom. The van der Waals surface area contributed by atoms with E-state index in [1.165, 1.54) is 29.1 Å². The van der Waals surface area contributed by atoms with Crippen LogP contribution in [-0.4, -0.2) is 60.5 Å². The van der Waals surface area contributed by atoms with E-state index in [1.54, 1.807) is 18.4 Å². The molecule has 2 N–H and O–H groups in total. The Morgan fingerprint density at radius 2 is 1.66 bits per heavy atom. The van der Waals surface area contributed by atoms with Gasteiger partial charge in [0.05, 0.1) is 6.54 Å². The van der Waals surface area contributed by atoms with E-state index in [2.05, 4.69) is 68.5 Å². The molecule has 0 amide bonds. The number of aryl methyl sites for hydroxylation is 1. The van der Waals surface area contributed by atoms with Gasteiger partial charge in [-0.2, -0.15) is 0 Å². The van der Waals surface area contributed by atoms with Gasteiger partial charge in [-0.1, -0.05) is 38.1 Å². The second kappa shape index (κ2) is 11.3. The molecule has 0 unspecified atom stereocenters. The summed E-state index contributed by atoms with van der Waals surface area (Å²) < 4.78 is 0. The lowest BCUT2D eigenvalue weighted by atomic mass is 10.1. The van der Waals surface area contributed by atoms with Crippen molar-refractivity contribution in [3.63, 3.8) is 0 Å². The highest BCUT2D eigenvalue weighted by Gasteiger charge is 2.15. The molecule has 1 fully saturated rings. The molecule has 6 nitrogen and oxygen atoms in total. The lowest BCUT2D eigenvalue weighted by Crippen LogP contribution is -2.45. The highest BCUT2D eigenvalue weighted by molar-refractivity contribution is 7.11. The van der Waals surface area contributed by atoms with Gasteiger partial charge in [0.15, 0.2) is 5.96 Å². The van der Waals surface area contributed by atoms with E-state index in [1.807, 2.05) is 6.20 Å². The Labute approximate surface area is 179 Å². The van der Waals surface area contributed by atoms with Gasteiger partial charge in [0.25, 0.3) is 0 Å². The molecule has 1 aliphatic rings. The predicted molar refractivity (Wildman–Crippen MR) is 122 cm³/mol. The number of benzene rings is 1. The molecule has 0 spiro atoms. The van der Waals surface area contributed by atoms with Crippen molar-refractivity contribution in [1.82, 2.24) is 25.4 Å². The number of hydrogen-bond donors (Lipinski definition) is 2. The van der Waals surface area contributed by atoms with Crippen LogP contribution in [0.25, 0.3) is 0 Å². The molecule has 7 heteroatoms. The van der Waals surface area contributed by atoms with E-state index < -0.39 is 0 Å². The number of piperazine rings is 1. The summed E-state index contributed by atoms with van der Waals surface area (Å²) in [6, 6.07) is 8.93. The Bertz CT molecular complexity index is 762. The third-order valence-corrected chi connectivity index (χ3v) is 6.52. The first-order valence-electron chi connectivity index (χ1n) is 10.6. The van der Waals surface area contributed by atoms with Crippen molar-refractivity contribution in [3.8, 4) is 0 Å². The van der Waals surface area contributed by atoms with Crippen molar-refractivity contribution >= 4 is 17.3 Å². The first-order chi connectivity index (χ1) is 14.2. The monoisotopic (exact) mass is 414 g/mol. The zero-order valence-electron chi connectivity index (χ0n) is 17.9. The molecule has 0 bridgehead atoms. The van der Waals surface area contributed by atoms with Gasteiger partial charge in [-0.05, 0) is 24.1 Å². The zero-order chi connectivity index (χ0) is 20.5.